The number of carbonyl (C=O) groups excluding carboxylic acids is 1. The normalized spacial score (nSPS) is 19.1. The lowest BCUT2D eigenvalue weighted by Gasteiger charge is -2.20. The molecule has 5 heteroatoms. The van der Waals surface area contributed by atoms with Gasteiger partial charge < -0.3 is 9.80 Å². The number of aryl methyl sites for hydroxylation is 1. The van der Waals surface area contributed by atoms with E-state index in [1.807, 2.05) is 48.4 Å². The van der Waals surface area contributed by atoms with Crippen molar-refractivity contribution in [3.05, 3.63) is 34.0 Å². The van der Waals surface area contributed by atoms with Gasteiger partial charge in [0.15, 0.2) is 0 Å². The molecule has 2 rings (SSSR count). The number of nitrogens with zero attached hydrogens (tertiary/aromatic N) is 3. The molecule has 1 fully saturated rings. The molecule has 128 valence electrons. The van der Waals surface area contributed by atoms with Crippen LogP contribution < -0.4 is 0 Å². The third-order valence-corrected chi connectivity index (χ3v) is 5.17. The maximum Gasteiger partial charge on any atom is 0.246 e. The lowest BCUT2D eigenvalue weighted by Crippen LogP contribution is -2.32. The summed E-state index contributed by atoms with van der Waals surface area (Å²) >= 11 is 1.89. The van der Waals surface area contributed by atoms with Crippen LogP contribution in [0.3, 0.4) is 0 Å². The molecule has 0 radical (unpaired) electrons. The molecule has 1 aliphatic heterocycles. The van der Waals surface area contributed by atoms with Crippen LogP contribution in [0.2, 0.25) is 0 Å². The van der Waals surface area contributed by atoms with E-state index >= 15 is 0 Å². The van der Waals surface area contributed by atoms with E-state index < -0.39 is 0 Å². The van der Waals surface area contributed by atoms with Gasteiger partial charge in [-0.25, -0.2) is 0 Å². The molecule has 0 aliphatic carbocycles. The van der Waals surface area contributed by atoms with Crippen LogP contribution >= 0.6 is 11.3 Å². The van der Waals surface area contributed by atoms with E-state index in [-0.39, 0.29) is 5.91 Å². The average molecular weight is 336 g/mol. The maximum absolute atomic E-state index is 12.1. The van der Waals surface area contributed by atoms with Crippen LogP contribution in [0, 0.1) is 12.8 Å². The summed E-state index contributed by atoms with van der Waals surface area (Å²) in [5, 5.41) is 0. The van der Waals surface area contributed by atoms with Crippen LogP contribution in [-0.2, 0) is 11.3 Å². The van der Waals surface area contributed by atoms with Gasteiger partial charge in [-0.3, -0.25) is 9.69 Å². The Labute approximate surface area is 144 Å². The van der Waals surface area contributed by atoms with E-state index in [1.54, 1.807) is 6.08 Å². The number of likely N-dealkylation sites (N-methyl/N-ethyl adjacent to an activating group) is 2. The number of hydrogen-bond donors (Lipinski definition) is 0. The van der Waals surface area contributed by atoms with Gasteiger partial charge in [0, 0.05) is 49.1 Å². The molecule has 1 aliphatic rings. The predicted octanol–water partition coefficient (Wildman–Crippen LogP) is 2.45. The number of carbonyl (C=O) groups is 1. The quantitative estimate of drug-likeness (QED) is 0.716. The van der Waals surface area contributed by atoms with Gasteiger partial charge in [0.05, 0.1) is 0 Å². The molecule has 1 atom stereocenters. The Morgan fingerprint density at radius 2 is 2.17 bits per heavy atom. The van der Waals surface area contributed by atoms with Gasteiger partial charge in [0.25, 0.3) is 0 Å². The summed E-state index contributed by atoms with van der Waals surface area (Å²) in [6.45, 7) is 7.10. The Bertz CT molecular complexity index is 538. The molecule has 1 saturated heterocycles. The van der Waals surface area contributed by atoms with Crippen molar-refractivity contribution in [1.82, 2.24) is 14.7 Å². The molecule has 0 N–H and O–H groups in total. The number of amides is 1. The number of hydrogen-bond acceptors (Lipinski definition) is 4. The fourth-order valence-corrected chi connectivity index (χ4v) is 3.90. The highest BCUT2D eigenvalue weighted by Gasteiger charge is 2.24. The summed E-state index contributed by atoms with van der Waals surface area (Å²) in [6.07, 6.45) is 4.81. The first kappa shape index (κ1) is 18.2. The Morgan fingerprint density at radius 3 is 2.83 bits per heavy atom. The summed E-state index contributed by atoms with van der Waals surface area (Å²) in [6, 6.07) is 4.43. The van der Waals surface area contributed by atoms with Crippen LogP contribution in [0.4, 0.5) is 0 Å². The highest BCUT2D eigenvalue weighted by Crippen LogP contribution is 2.23. The fraction of sp³-hybridized carbons (Fsp3) is 0.611. The van der Waals surface area contributed by atoms with Crippen LogP contribution in [0.15, 0.2) is 24.3 Å². The molecule has 1 unspecified atom stereocenters. The number of thiophene rings is 1. The predicted molar refractivity (Wildman–Crippen MR) is 97.8 cm³/mol. The van der Waals surface area contributed by atoms with E-state index in [0.29, 0.717) is 5.92 Å². The molecule has 2 heterocycles. The Morgan fingerprint density at radius 1 is 1.39 bits per heavy atom. The van der Waals surface area contributed by atoms with Gasteiger partial charge in [0.1, 0.15) is 0 Å². The number of likely N-dealkylation sites (tertiary alicyclic amines) is 1. The number of rotatable bonds is 7. The first-order valence-corrected chi connectivity index (χ1v) is 9.09. The van der Waals surface area contributed by atoms with Crippen molar-refractivity contribution >= 4 is 17.2 Å². The van der Waals surface area contributed by atoms with Crippen molar-refractivity contribution in [2.45, 2.75) is 19.9 Å². The lowest BCUT2D eigenvalue weighted by atomic mass is 10.1. The van der Waals surface area contributed by atoms with Crippen molar-refractivity contribution in [1.29, 1.82) is 0 Å². The minimum atomic E-state index is 0.110. The highest BCUT2D eigenvalue weighted by molar-refractivity contribution is 7.11. The van der Waals surface area contributed by atoms with E-state index in [1.165, 1.54) is 16.2 Å². The van der Waals surface area contributed by atoms with Gasteiger partial charge >= 0.3 is 0 Å². The highest BCUT2D eigenvalue weighted by atomic mass is 32.1. The third kappa shape index (κ3) is 6.09. The SMILES string of the molecule is Cc1ccc(CN2CCC(CN(C)C(=O)/C=C/CN(C)C)C2)s1. The molecule has 1 aromatic rings. The standard InChI is InChI=1S/C18H29N3OS/c1-15-7-8-17(23-15)14-21-11-9-16(13-21)12-20(4)18(22)6-5-10-19(2)3/h5-8,16H,9-14H2,1-4H3/b6-5+. The van der Waals surface area contributed by atoms with Gasteiger partial charge in [-0.05, 0) is 52.0 Å². The summed E-state index contributed by atoms with van der Waals surface area (Å²) in [7, 11) is 5.91. The molecule has 1 aromatic heterocycles. The van der Waals surface area contributed by atoms with Crippen LogP contribution in [0.25, 0.3) is 0 Å². The van der Waals surface area contributed by atoms with Crippen molar-refractivity contribution in [3.8, 4) is 0 Å². The second-order valence-corrected chi connectivity index (χ2v) is 8.16. The van der Waals surface area contributed by atoms with E-state index in [2.05, 4.69) is 24.0 Å². The maximum atomic E-state index is 12.1. The molecule has 23 heavy (non-hydrogen) atoms. The van der Waals surface area contributed by atoms with Crippen molar-refractivity contribution in [2.75, 3.05) is 47.3 Å². The largest absolute Gasteiger partial charge is 0.342 e. The zero-order valence-corrected chi connectivity index (χ0v) is 15.6. The van der Waals surface area contributed by atoms with Crippen molar-refractivity contribution in [2.24, 2.45) is 5.92 Å². The summed E-state index contributed by atoms with van der Waals surface area (Å²) < 4.78 is 0. The van der Waals surface area contributed by atoms with Gasteiger partial charge in [-0.15, -0.1) is 11.3 Å². The fourth-order valence-electron chi connectivity index (χ4n) is 2.96. The summed E-state index contributed by atoms with van der Waals surface area (Å²) in [5.74, 6) is 0.700. The second-order valence-electron chi connectivity index (χ2n) is 6.79. The van der Waals surface area contributed by atoms with E-state index in [4.69, 9.17) is 0 Å². The Balaban J connectivity index is 1.74. The van der Waals surface area contributed by atoms with Gasteiger partial charge in [-0.1, -0.05) is 6.08 Å². The van der Waals surface area contributed by atoms with Gasteiger partial charge in [0.2, 0.25) is 5.91 Å². The topological polar surface area (TPSA) is 26.8 Å². The second kappa shape index (κ2) is 8.62. The van der Waals surface area contributed by atoms with Gasteiger partial charge in [-0.2, -0.15) is 0 Å². The Kier molecular flexibility index (Phi) is 6.81. The van der Waals surface area contributed by atoms with Crippen LogP contribution in [0.1, 0.15) is 16.2 Å². The molecule has 1 amide bonds. The van der Waals surface area contributed by atoms with Crippen molar-refractivity contribution in [3.63, 3.8) is 0 Å². The summed E-state index contributed by atoms with van der Waals surface area (Å²) in [5.41, 5.74) is 0. The molecule has 4 nitrogen and oxygen atoms in total. The summed E-state index contributed by atoms with van der Waals surface area (Å²) in [4.78, 5) is 21.3. The molecular weight excluding hydrogens is 306 g/mol. The van der Waals surface area contributed by atoms with Crippen molar-refractivity contribution < 1.29 is 4.79 Å². The molecule has 0 bridgehead atoms. The third-order valence-electron chi connectivity index (χ3n) is 4.18. The molecule has 0 saturated carbocycles. The van der Waals surface area contributed by atoms with E-state index in [9.17, 15) is 4.79 Å². The zero-order chi connectivity index (χ0) is 16.8. The monoisotopic (exact) mass is 335 g/mol. The van der Waals surface area contributed by atoms with E-state index in [0.717, 1.165) is 32.7 Å². The Hall–Kier alpha value is -1.17. The first-order valence-electron chi connectivity index (χ1n) is 8.28. The lowest BCUT2D eigenvalue weighted by molar-refractivity contribution is -0.125. The molecule has 0 spiro atoms. The zero-order valence-electron chi connectivity index (χ0n) is 14.8. The minimum absolute atomic E-state index is 0.110. The first-order chi connectivity index (χ1) is 10.9. The minimum Gasteiger partial charge on any atom is -0.342 e. The van der Waals surface area contributed by atoms with Crippen LogP contribution in [-0.4, -0.2) is 67.9 Å². The van der Waals surface area contributed by atoms with Crippen LogP contribution in [0.5, 0.6) is 0 Å². The molecular formula is C18H29N3OS. The average Bonchev–Trinajstić information content (AvgIpc) is 3.08. The molecule has 0 aromatic carbocycles. The smallest absolute Gasteiger partial charge is 0.246 e.